The first-order chi connectivity index (χ1) is 9.55. The molecule has 1 heterocycles. The summed E-state index contributed by atoms with van der Waals surface area (Å²) >= 11 is 15.5. The Morgan fingerprint density at radius 1 is 1.20 bits per heavy atom. The number of nitrogens with zero attached hydrogens (tertiary/aromatic N) is 1. The first kappa shape index (κ1) is 15.2. The summed E-state index contributed by atoms with van der Waals surface area (Å²) < 4.78 is 11.5. The maximum absolute atomic E-state index is 6.08. The molecule has 1 N–H and O–H groups in total. The molecule has 0 aliphatic rings. The third kappa shape index (κ3) is 3.29. The molecular weight excluding hydrogens is 367 g/mol. The Kier molecular flexibility index (Phi) is 4.96. The summed E-state index contributed by atoms with van der Waals surface area (Å²) in [5.74, 6) is 2.06. The Morgan fingerprint density at radius 2 is 1.95 bits per heavy atom. The van der Waals surface area contributed by atoms with Gasteiger partial charge >= 0.3 is 0 Å². The average Bonchev–Trinajstić information content (AvgIpc) is 2.43. The Morgan fingerprint density at radius 3 is 2.55 bits per heavy atom. The fraction of sp³-hybridized carbons (Fsp3) is 0.154. The molecule has 0 saturated heterocycles. The zero-order chi connectivity index (χ0) is 14.7. The van der Waals surface area contributed by atoms with Gasteiger partial charge in [0, 0.05) is 7.05 Å². The van der Waals surface area contributed by atoms with Gasteiger partial charge in [-0.2, -0.15) is 4.98 Å². The lowest BCUT2D eigenvalue weighted by atomic mass is 10.3. The fourth-order valence-corrected chi connectivity index (χ4v) is 2.42. The molecule has 0 atom stereocenters. The van der Waals surface area contributed by atoms with E-state index in [9.17, 15) is 0 Å². The van der Waals surface area contributed by atoms with E-state index < -0.39 is 0 Å². The van der Waals surface area contributed by atoms with E-state index in [4.69, 9.17) is 32.7 Å². The highest BCUT2D eigenvalue weighted by molar-refractivity contribution is 9.10. The Bertz CT molecular complexity index is 638. The SMILES string of the molecule is CNc1nc(Oc2ccc(OC)cc2Br)c(Cl)cc1Cl. The molecule has 106 valence electrons. The summed E-state index contributed by atoms with van der Waals surface area (Å²) in [6.45, 7) is 0. The van der Waals surface area contributed by atoms with Gasteiger partial charge in [-0.05, 0) is 40.2 Å². The predicted octanol–water partition coefficient (Wildman–Crippen LogP) is 4.99. The van der Waals surface area contributed by atoms with Gasteiger partial charge in [0.15, 0.2) is 0 Å². The monoisotopic (exact) mass is 376 g/mol. The van der Waals surface area contributed by atoms with Crippen LogP contribution < -0.4 is 14.8 Å². The Balaban J connectivity index is 2.34. The third-order valence-electron chi connectivity index (χ3n) is 2.48. The molecular formula is C13H11BrCl2N2O2. The molecule has 4 nitrogen and oxygen atoms in total. The fourth-order valence-electron chi connectivity index (χ4n) is 1.49. The van der Waals surface area contributed by atoms with E-state index in [1.54, 1.807) is 38.4 Å². The van der Waals surface area contributed by atoms with Crippen LogP contribution in [0.5, 0.6) is 17.4 Å². The van der Waals surface area contributed by atoms with E-state index in [1.165, 1.54) is 0 Å². The molecule has 7 heteroatoms. The first-order valence-corrected chi connectivity index (χ1v) is 7.15. The minimum Gasteiger partial charge on any atom is -0.497 e. The van der Waals surface area contributed by atoms with E-state index in [0.717, 1.165) is 10.2 Å². The number of anilines is 1. The van der Waals surface area contributed by atoms with Crippen LogP contribution in [-0.2, 0) is 0 Å². The van der Waals surface area contributed by atoms with Crippen LogP contribution in [0.1, 0.15) is 0 Å². The van der Waals surface area contributed by atoms with E-state index in [2.05, 4.69) is 26.2 Å². The van der Waals surface area contributed by atoms with Gasteiger partial charge in [-0.1, -0.05) is 23.2 Å². The normalized spacial score (nSPS) is 10.2. The van der Waals surface area contributed by atoms with Crippen LogP contribution in [0.3, 0.4) is 0 Å². The van der Waals surface area contributed by atoms with Crippen molar-refractivity contribution in [3.63, 3.8) is 0 Å². The molecule has 0 unspecified atom stereocenters. The van der Waals surface area contributed by atoms with Crippen molar-refractivity contribution in [1.82, 2.24) is 4.98 Å². The van der Waals surface area contributed by atoms with Gasteiger partial charge in [-0.25, -0.2) is 0 Å². The van der Waals surface area contributed by atoms with E-state index in [0.29, 0.717) is 21.6 Å². The summed E-state index contributed by atoms with van der Waals surface area (Å²) in [6, 6.07) is 6.91. The summed E-state index contributed by atoms with van der Waals surface area (Å²) in [7, 11) is 3.31. The number of halogens is 3. The maximum atomic E-state index is 6.08. The molecule has 0 fully saturated rings. The van der Waals surface area contributed by atoms with Gasteiger partial charge in [-0.15, -0.1) is 0 Å². The lowest BCUT2D eigenvalue weighted by molar-refractivity contribution is 0.411. The first-order valence-electron chi connectivity index (χ1n) is 5.60. The number of aromatic nitrogens is 1. The van der Waals surface area contributed by atoms with E-state index in [-0.39, 0.29) is 5.88 Å². The maximum Gasteiger partial charge on any atom is 0.240 e. The summed E-state index contributed by atoms with van der Waals surface area (Å²) in [5.41, 5.74) is 0. The smallest absolute Gasteiger partial charge is 0.240 e. The van der Waals surface area contributed by atoms with Crippen molar-refractivity contribution in [2.24, 2.45) is 0 Å². The van der Waals surface area contributed by atoms with E-state index in [1.807, 2.05) is 0 Å². The van der Waals surface area contributed by atoms with Crippen LogP contribution in [-0.4, -0.2) is 19.1 Å². The average molecular weight is 378 g/mol. The largest absolute Gasteiger partial charge is 0.497 e. The molecule has 0 radical (unpaired) electrons. The van der Waals surface area contributed by atoms with Gasteiger partial charge in [0.05, 0.1) is 16.6 Å². The second kappa shape index (κ2) is 6.52. The molecule has 1 aromatic carbocycles. The highest BCUT2D eigenvalue weighted by Crippen LogP contribution is 2.37. The number of benzene rings is 1. The predicted molar refractivity (Wildman–Crippen MR) is 84.6 cm³/mol. The zero-order valence-electron chi connectivity index (χ0n) is 10.7. The standard InChI is InChI=1S/C13H11BrCl2N2O2/c1-17-12-9(15)6-10(16)13(18-12)20-11-4-3-7(19-2)5-8(11)14/h3-6H,1-2H3,(H,17,18). The summed E-state index contributed by atoms with van der Waals surface area (Å²) in [5, 5.41) is 3.63. The van der Waals surface area contributed by atoms with Crippen LogP contribution in [0.2, 0.25) is 10.0 Å². The van der Waals surface area contributed by atoms with E-state index >= 15 is 0 Å². The highest BCUT2D eigenvalue weighted by Gasteiger charge is 2.12. The molecule has 2 aromatic rings. The van der Waals surface area contributed by atoms with Crippen LogP contribution in [0, 0.1) is 0 Å². The van der Waals surface area contributed by atoms with Crippen LogP contribution in [0.4, 0.5) is 5.82 Å². The molecule has 0 bridgehead atoms. The van der Waals surface area contributed by atoms with Crippen LogP contribution >= 0.6 is 39.1 Å². The molecule has 20 heavy (non-hydrogen) atoms. The van der Waals surface area contributed by atoms with Crippen molar-refractivity contribution in [2.45, 2.75) is 0 Å². The van der Waals surface area contributed by atoms with Gasteiger partial charge in [0.1, 0.15) is 22.3 Å². The van der Waals surface area contributed by atoms with Crippen molar-refractivity contribution >= 4 is 44.9 Å². The molecule has 0 spiro atoms. The molecule has 1 aromatic heterocycles. The number of rotatable bonds is 4. The van der Waals surface area contributed by atoms with Crippen LogP contribution in [0.25, 0.3) is 0 Å². The molecule has 0 amide bonds. The third-order valence-corrected chi connectivity index (χ3v) is 3.66. The highest BCUT2D eigenvalue weighted by atomic mass is 79.9. The van der Waals surface area contributed by atoms with Gasteiger partial charge in [0.2, 0.25) is 5.88 Å². The number of hydrogen-bond donors (Lipinski definition) is 1. The van der Waals surface area contributed by atoms with Crippen molar-refractivity contribution in [3.05, 3.63) is 38.8 Å². The van der Waals surface area contributed by atoms with Crippen molar-refractivity contribution in [1.29, 1.82) is 0 Å². The quantitative estimate of drug-likeness (QED) is 0.814. The van der Waals surface area contributed by atoms with Crippen LogP contribution in [0.15, 0.2) is 28.7 Å². The number of ether oxygens (including phenoxy) is 2. The molecule has 0 aliphatic carbocycles. The topological polar surface area (TPSA) is 43.4 Å². The Hall–Kier alpha value is -1.17. The minimum atomic E-state index is 0.270. The number of methoxy groups -OCH3 is 1. The molecule has 0 aliphatic heterocycles. The number of pyridine rings is 1. The van der Waals surface area contributed by atoms with Crippen molar-refractivity contribution in [2.75, 3.05) is 19.5 Å². The van der Waals surface area contributed by atoms with Crippen molar-refractivity contribution in [3.8, 4) is 17.4 Å². The summed E-state index contributed by atoms with van der Waals surface area (Å²) in [4.78, 5) is 4.22. The van der Waals surface area contributed by atoms with Crippen molar-refractivity contribution < 1.29 is 9.47 Å². The molecule has 0 saturated carbocycles. The number of hydrogen-bond acceptors (Lipinski definition) is 4. The number of nitrogens with one attached hydrogen (secondary N) is 1. The second-order valence-corrected chi connectivity index (χ2v) is 5.42. The summed E-state index contributed by atoms with van der Waals surface area (Å²) in [6.07, 6.45) is 0. The zero-order valence-corrected chi connectivity index (χ0v) is 13.8. The van der Waals surface area contributed by atoms with Gasteiger partial charge in [-0.3, -0.25) is 0 Å². The molecule has 2 rings (SSSR count). The van der Waals surface area contributed by atoms with Gasteiger partial charge < -0.3 is 14.8 Å². The Labute approximate surface area is 135 Å². The lowest BCUT2D eigenvalue weighted by Crippen LogP contribution is -1.97. The lowest BCUT2D eigenvalue weighted by Gasteiger charge is -2.11. The minimum absolute atomic E-state index is 0.270. The second-order valence-electron chi connectivity index (χ2n) is 3.75. The van der Waals surface area contributed by atoms with Gasteiger partial charge in [0.25, 0.3) is 0 Å².